The monoisotopic (exact) mass is 245 g/mol. The predicted octanol–water partition coefficient (Wildman–Crippen LogP) is 4.25. The van der Waals surface area contributed by atoms with Gasteiger partial charge in [-0.1, -0.05) is 66.7 Å². The lowest BCUT2D eigenvalue weighted by Gasteiger charge is -2.15. The van der Waals surface area contributed by atoms with E-state index in [0.717, 1.165) is 32.2 Å². The number of nitrogens with one attached hydrogen (secondary N) is 1. The molecule has 2 fully saturated rings. The van der Waals surface area contributed by atoms with E-state index in [4.69, 9.17) is 4.74 Å². The molecular weight excluding hydrogens is 210 g/mol. The highest BCUT2D eigenvalue weighted by atomic mass is 16.5. The summed E-state index contributed by atoms with van der Waals surface area (Å²) in [6.45, 7) is 14.2. The molecule has 1 N–H and O–H groups in total. The third-order valence-electron chi connectivity index (χ3n) is 2.74. The molecular formula is C15H35NO. The largest absolute Gasteiger partial charge is 0.379 e. The Balaban J connectivity index is 0. The normalized spacial score (nSPS) is 19.6. The minimum atomic E-state index is 0.889. The molecule has 0 aromatic rings. The molecule has 2 nitrogen and oxygen atoms in total. The van der Waals surface area contributed by atoms with Crippen LogP contribution in [0, 0.1) is 5.92 Å². The van der Waals surface area contributed by atoms with Crippen LogP contribution in [0.2, 0.25) is 0 Å². The second-order valence-electron chi connectivity index (χ2n) is 4.11. The molecule has 0 bridgehead atoms. The van der Waals surface area contributed by atoms with Crippen molar-refractivity contribution in [3.63, 3.8) is 0 Å². The molecule has 1 saturated carbocycles. The van der Waals surface area contributed by atoms with Gasteiger partial charge in [0.15, 0.2) is 0 Å². The second kappa shape index (κ2) is 18.3. The smallest absolute Gasteiger partial charge is 0.0591 e. The maximum atomic E-state index is 5.01. The van der Waals surface area contributed by atoms with Crippen molar-refractivity contribution >= 4 is 0 Å². The SMILES string of the molecule is C1COCCN1.CC.CC.CC1CCCCC1. The van der Waals surface area contributed by atoms with Crippen molar-refractivity contribution in [1.29, 1.82) is 0 Å². The first-order valence-electron chi connectivity index (χ1n) is 7.68. The summed E-state index contributed by atoms with van der Waals surface area (Å²) in [4.78, 5) is 0. The molecule has 17 heavy (non-hydrogen) atoms. The lowest BCUT2D eigenvalue weighted by molar-refractivity contribution is 0.109. The molecule has 2 heteroatoms. The number of rotatable bonds is 0. The minimum absolute atomic E-state index is 0.889. The van der Waals surface area contributed by atoms with Crippen molar-refractivity contribution in [2.75, 3.05) is 26.3 Å². The van der Waals surface area contributed by atoms with Crippen molar-refractivity contribution in [2.24, 2.45) is 5.92 Å². The molecule has 2 aliphatic rings. The summed E-state index contributed by atoms with van der Waals surface area (Å²) in [5.74, 6) is 1.04. The van der Waals surface area contributed by atoms with Gasteiger partial charge in [-0.25, -0.2) is 0 Å². The van der Waals surface area contributed by atoms with Crippen molar-refractivity contribution in [3.8, 4) is 0 Å². The van der Waals surface area contributed by atoms with E-state index in [2.05, 4.69) is 12.2 Å². The van der Waals surface area contributed by atoms with E-state index in [9.17, 15) is 0 Å². The van der Waals surface area contributed by atoms with E-state index >= 15 is 0 Å². The maximum absolute atomic E-state index is 5.01. The van der Waals surface area contributed by atoms with E-state index in [1.54, 1.807) is 0 Å². The van der Waals surface area contributed by atoms with E-state index in [1.165, 1.54) is 32.1 Å². The fourth-order valence-corrected chi connectivity index (χ4v) is 1.82. The number of ether oxygens (including phenoxy) is 1. The molecule has 0 unspecified atom stereocenters. The molecule has 1 aliphatic heterocycles. The summed E-state index contributed by atoms with van der Waals surface area (Å²) < 4.78 is 5.01. The van der Waals surface area contributed by atoms with E-state index in [1.807, 2.05) is 27.7 Å². The van der Waals surface area contributed by atoms with Crippen LogP contribution in [0.1, 0.15) is 66.7 Å². The van der Waals surface area contributed by atoms with Gasteiger partial charge in [0, 0.05) is 13.1 Å². The molecule has 0 atom stereocenters. The Labute approximate surface area is 110 Å². The quantitative estimate of drug-likeness (QED) is 0.689. The molecule has 106 valence electrons. The third-order valence-corrected chi connectivity index (χ3v) is 2.74. The molecule has 1 aliphatic carbocycles. The molecule has 1 heterocycles. The standard InChI is InChI=1S/C7H14.C4H9NO.2C2H6/c1-7-5-3-2-4-6-7;1-3-6-4-2-5-1;2*1-2/h7H,2-6H2,1H3;5H,1-4H2;2*1-2H3. The summed E-state index contributed by atoms with van der Waals surface area (Å²) in [5.41, 5.74) is 0. The van der Waals surface area contributed by atoms with Crippen molar-refractivity contribution in [1.82, 2.24) is 5.32 Å². The Hall–Kier alpha value is -0.0800. The zero-order valence-corrected chi connectivity index (χ0v) is 12.8. The zero-order chi connectivity index (χ0) is 13.4. The predicted molar refractivity (Wildman–Crippen MR) is 78.6 cm³/mol. The Morgan fingerprint density at radius 3 is 1.47 bits per heavy atom. The highest BCUT2D eigenvalue weighted by Gasteiger charge is 2.05. The van der Waals surface area contributed by atoms with E-state index in [0.29, 0.717) is 0 Å². The van der Waals surface area contributed by atoms with Gasteiger partial charge in [-0.3, -0.25) is 0 Å². The first-order valence-corrected chi connectivity index (χ1v) is 7.68. The summed E-state index contributed by atoms with van der Waals surface area (Å²) in [6.07, 6.45) is 7.44. The number of hydrogen-bond donors (Lipinski definition) is 1. The average molecular weight is 245 g/mol. The van der Waals surface area contributed by atoms with Gasteiger partial charge >= 0.3 is 0 Å². The van der Waals surface area contributed by atoms with Crippen LogP contribution < -0.4 is 5.32 Å². The first kappa shape index (κ1) is 19.3. The average Bonchev–Trinajstić information content (AvgIpc) is 2.47. The molecule has 0 spiro atoms. The first-order chi connectivity index (χ1) is 8.39. The van der Waals surface area contributed by atoms with Gasteiger partial charge < -0.3 is 10.1 Å². The molecule has 2 rings (SSSR count). The van der Waals surface area contributed by atoms with Crippen LogP contribution in [-0.2, 0) is 4.74 Å². The van der Waals surface area contributed by atoms with Gasteiger partial charge in [0.1, 0.15) is 0 Å². The van der Waals surface area contributed by atoms with Gasteiger partial charge in [-0.15, -0.1) is 0 Å². The highest BCUT2D eigenvalue weighted by molar-refractivity contribution is 4.59. The van der Waals surface area contributed by atoms with Gasteiger partial charge in [0.05, 0.1) is 13.2 Å². The van der Waals surface area contributed by atoms with Gasteiger partial charge in [-0.05, 0) is 5.92 Å². The van der Waals surface area contributed by atoms with Crippen LogP contribution >= 0.6 is 0 Å². The Morgan fingerprint density at radius 2 is 1.29 bits per heavy atom. The lowest BCUT2D eigenvalue weighted by Crippen LogP contribution is -2.30. The Morgan fingerprint density at radius 1 is 0.824 bits per heavy atom. The van der Waals surface area contributed by atoms with Crippen molar-refractivity contribution < 1.29 is 4.74 Å². The topological polar surface area (TPSA) is 21.3 Å². The van der Waals surface area contributed by atoms with Crippen LogP contribution in [0.5, 0.6) is 0 Å². The highest BCUT2D eigenvalue weighted by Crippen LogP contribution is 2.22. The fraction of sp³-hybridized carbons (Fsp3) is 1.00. The van der Waals surface area contributed by atoms with Crippen LogP contribution in [0.4, 0.5) is 0 Å². The van der Waals surface area contributed by atoms with Crippen LogP contribution in [-0.4, -0.2) is 26.3 Å². The number of hydrogen-bond acceptors (Lipinski definition) is 2. The van der Waals surface area contributed by atoms with Crippen molar-refractivity contribution in [3.05, 3.63) is 0 Å². The third kappa shape index (κ3) is 15.9. The Kier molecular flexibility index (Phi) is 20.7. The zero-order valence-electron chi connectivity index (χ0n) is 12.8. The lowest BCUT2D eigenvalue weighted by atomic mass is 9.91. The second-order valence-corrected chi connectivity index (χ2v) is 4.11. The minimum Gasteiger partial charge on any atom is -0.379 e. The summed E-state index contributed by atoms with van der Waals surface area (Å²) in [6, 6.07) is 0. The van der Waals surface area contributed by atoms with Crippen molar-refractivity contribution in [2.45, 2.75) is 66.7 Å². The van der Waals surface area contributed by atoms with Gasteiger partial charge in [-0.2, -0.15) is 0 Å². The molecule has 0 aromatic heterocycles. The molecule has 0 amide bonds. The van der Waals surface area contributed by atoms with Crippen LogP contribution in [0.3, 0.4) is 0 Å². The number of morpholine rings is 1. The summed E-state index contributed by atoms with van der Waals surface area (Å²) in [5, 5.41) is 3.16. The molecule has 0 radical (unpaired) electrons. The summed E-state index contributed by atoms with van der Waals surface area (Å²) in [7, 11) is 0. The van der Waals surface area contributed by atoms with E-state index in [-0.39, 0.29) is 0 Å². The van der Waals surface area contributed by atoms with Crippen LogP contribution in [0.15, 0.2) is 0 Å². The summed E-state index contributed by atoms with van der Waals surface area (Å²) >= 11 is 0. The van der Waals surface area contributed by atoms with E-state index < -0.39 is 0 Å². The molecule has 0 aromatic carbocycles. The fourth-order valence-electron chi connectivity index (χ4n) is 1.82. The Bertz CT molecular complexity index is 96.0. The maximum Gasteiger partial charge on any atom is 0.0591 e. The van der Waals surface area contributed by atoms with Gasteiger partial charge in [0.25, 0.3) is 0 Å². The van der Waals surface area contributed by atoms with Crippen LogP contribution in [0.25, 0.3) is 0 Å². The molecule has 1 saturated heterocycles. The van der Waals surface area contributed by atoms with Gasteiger partial charge in [0.2, 0.25) is 0 Å².